The fourth-order valence-corrected chi connectivity index (χ4v) is 3.92. The Morgan fingerprint density at radius 2 is 2.30 bits per heavy atom. The van der Waals surface area contributed by atoms with Crippen LogP contribution in [-0.4, -0.2) is 34.3 Å². The molecule has 0 saturated carbocycles. The van der Waals surface area contributed by atoms with Gasteiger partial charge in [0.2, 0.25) is 5.91 Å². The number of carbonyl (C=O) groups is 2. The number of rotatable bonds is 4. The van der Waals surface area contributed by atoms with E-state index in [1.54, 1.807) is 16.7 Å². The van der Waals surface area contributed by atoms with Gasteiger partial charge in [-0.1, -0.05) is 12.1 Å². The van der Waals surface area contributed by atoms with E-state index in [0.29, 0.717) is 10.8 Å². The molecule has 1 aliphatic heterocycles. The molecule has 0 bridgehead atoms. The van der Waals surface area contributed by atoms with Crippen LogP contribution in [0.5, 0.6) is 0 Å². The van der Waals surface area contributed by atoms with Crippen molar-refractivity contribution in [2.45, 2.75) is 25.8 Å². The Kier molecular flexibility index (Phi) is 4.88. The van der Waals surface area contributed by atoms with Crippen LogP contribution in [0, 0.1) is 0 Å². The number of hydrogen-bond donors (Lipinski definition) is 1. The van der Waals surface area contributed by atoms with Crippen LogP contribution >= 0.6 is 22.7 Å². The van der Waals surface area contributed by atoms with E-state index in [1.165, 1.54) is 23.1 Å². The smallest absolute Gasteiger partial charge is 0.273 e. The lowest BCUT2D eigenvalue weighted by Crippen LogP contribution is -2.34. The van der Waals surface area contributed by atoms with Gasteiger partial charge in [0.25, 0.3) is 5.91 Å². The zero-order valence-electron chi connectivity index (χ0n) is 12.7. The minimum atomic E-state index is -0.184. The van der Waals surface area contributed by atoms with Gasteiger partial charge in [0.15, 0.2) is 5.13 Å². The van der Waals surface area contributed by atoms with E-state index >= 15 is 0 Å². The van der Waals surface area contributed by atoms with Crippen molar-refractivity contribution in [3.05, 3.63) is 39.5 Å². The molecular formula is C16H17N3O2S2. The highest BCUT2D eigenvalue weighted by Crippen LogP contribution is 2.24. The van der Waals surface area contributed by atoms with E-state index in [2.05, 4.69) is 28.5 Å². The Morgan fingerprint density at radius 3 is 3.04 bits per heavy atom. The summed E-state index contributed by atoms with van der Waals surface area (Å²) in [5.41, 5.74) is 0.398. The van der Waals surface area contributed by atoms with Gasteiger partial charge in [0.05, 0.1) is 6.04 Å². The molecule has 0 aliphatic carbocycles. The first kappa shape index (κ1) is 15.9. The second-order valence-electron chi connectivity index (χ2n) is 5.30. The zero-order chi connectivity index (χ0) is 16.2. The molecule has 7 heteroatoms. The van der Waals surface area contributed by atoms with Crippen molar-refractivity contribution in [3.8, 4) is 0 Å². The molecule has 120 valence electrons. The molecule has 0 spiro atoms. The molecule has 3 rings (SSSR count). The number of likely N-dealkylation sites (tertiary alicyclic amines) is 1. The van der Waals surface area contributed by atoms with Crippen LogP contribution in [-0.2, 0) is 4.79 Å². The lowest BCUT2D eigenvalue weighted by molar-refractivity contribution is -0.114. The maximum absolute atomic E-state index is 12.6. The van der Waals surface area contributed by atoms with E-state index in [0.717, 1.165) is 19.4 Å². The molecular weight excluding hydrogens is 330 g/mol. The van der Waals surface area contributed by atoms with Crippen molar-refractivity contribution < 1.29 is 9.59 Å². The van der Waals surface area contributed by atoms with E-state index in [1.807, 2.05) is 16.3 Å². The molecule has 1 aliphatic rings. The van der Waals surface area contributed by atoms with Crippen LogP contribution in [0.25, 0.3) is 6.08 Å². The maximum atomic E-state index is 12.6. The molecule has 2 aromatic rings. The monoisotopic (exact) mass is 347 g/mol. The summed E-state index contributed by atoms with van der Waals surface area (Å²) in [6.45, 7) is 2.17. The molecule has 0 aromatic carbocycles. The first-order valence-corrected chi connectivity index (χ1v) is 9.15. The van der Waals surface area contributed by atoms with E-state index < -0.39 is 0 Å². The maximum Gasteiger partial charge on any atom is 0.273 e. The third-order valence-corrected chi connectivity index (χ3v) is 5.19. The summed E-state index contributed by atoms with van der Waals surface area (Å²) in [5.74, 6) is -0.257. The van der Waals surface area contributed by atoms with Gasteiger partial charge in [-0.2, -0.15) is 0 Å². The molecule has 2 amide bonds. The predicted molar refractivity (Wildman–Crippen MR) is 93.8 cm³/mol. The number of hydrogen-bond acceptors (Lipinski definition) is 5. The molecule has 0 unspecified atom stereocenters. The average Bonchev–Trinajstić information content (AvgIpc) is 3.25. The Hall–Kier alpha value is -1.99. The minimum Gasteiger partial charge on any atom is -0.331 e. The number of thiazole rings is 1. The highest BCUT2D eigenvalue weighted by atomic mass is 32.1. The SMILES string of the molecule is CC(=O)Nc1nc(C(=O)N2CCC[C@@H]2/C=C/c2cccs2)cs1. The van der Waals surface area contributed by atoms with Gasteiger partial charge in [-0.25, -0.2) is 4.98 Å². The zero-order valence-corrected chi connectivity index (χ0v) is 14.3. The summed E-state index contributed by atoms with van der Waals surface area (Å²) in [6, 6.07) is 4.18. The highest BCUT2D eigenvalue weighted by Gasteiger charge is 2.29. The van der Waals surface area contributed by atoms with Gasteiger partial charge in [0.1, 0.15) is 5.69 Å². The largest absolute Gasteiger partial charge is 0.331 e. The molecule has 23 heavy (non-hydrogen) atoms. The van der Waals surface area contributed by atoms with E-state index in [4.69, 9.17) is 0 Å². The fraction of sp³-hybridized carbons (Fsp3) is 0.312. The third kappa shape index (κ3) is 3.86. The Morgan fingerprint density at radius 1 is 1.43 bits per heavy atom. The number of thiophene rings is 1. The lowest BCUT2D eigenvalue weighted by atomic mass is 10.2. The third-order valence-electron chi connectivity index (χ3n) is 3.59. The van der Waals surface area contributed by atoms with Crippen molar-refractivity contribution in [2.75, 3.05) is 11.9 Å². The van der Waals surface area contributed by atoms with Gasteiger partial charge in [-0.05, 0) is 30.4 Å². The number of nitrogens with zero attached hydrogens (tertiary/aromatic N) is 2. The summed E-state index contributed by atoms with van der Waals surface area (Å²) in [4.78, 5) is 31.0. The molecule has 1 fully saturated rings. The molecule has 2 aromatic heterocycles. The van der Waals surface area contributed by atoms with Crippen LogP contribution in [0.3, 0.4) is 0 Å². The number of nitrogens with one attached hydrogen (secondary N) is 1. The van der Waals surface area contributed by atoms with Crippen molar-refractivity contribution in [2.24, 2.45) is 0 Å². The summed E-state index contributed by atoms with van der Waals surface area (Å²) in [6.07, 6.45) is 6.13. The predicted octanol–water partition coefficient (Wildman–Crippen LogP) is 3.48. The van der Waals surface area contributed by atoms with Gasteiger partial charge in [-0.3, -0.25) is 9.59 Å². The summed E-state index contributed by atoms with van der Waals surface area (Å²) in [7, 11) is 0. The van der Waals surface area contributed by atoms with Gasteiger partial charge >= 0.3 is 0 Å². The molecule has 3 heterocycles. The van der Waals surface area contributed by atoms with Gasteiger partial charge in [-0.15, -0.1) is 22.7 Å². The molecule has 5 nitrogen and oxygen atoms in total. The second-order valence-corrected chi connectivity index (χ2v) is 7.14. The van der Waals surface area contributed by atoms with Crippen molar-refractivity contribution in [3.63, 3.8) is 0 Å². The van der Waals surface area contributed by atoms with Crippen molar-refractivity contribution >= 4 is 45.7 Å². The Balaban J connectivity index is 1.70. The Labute approximate surface area is 142 Å². The van der Waals surface area contributed by atoms with Crippen LogP contribution in [0.1, 0.15) is 35.1 Å². The fourth-order valence-electron chi connectivity index (χ4n) is 2.56. The minimum absolute atomic E-state index is 0.0730. The van der Waals surface area contributed by atoms with Gasteiger partial charge in [0, 0.05) is 23.7 Å². The van der Waals surface area contributed by atoms with E-state index in [-0.39, 0.29) is 17.9 Å². The quantitative estimate of drug-likeness (QED) is 0.921. The molecule has 1 atom stereocenters. The number of amides is 2. The van der Waals surface area contributed by atoms with Crippen molar-refractivity contribution in [1.82, 2.24) is 9.88 Å². The molecule has 0 radical (unpaired) electrons. The molecule has 1 saturated heterocycles. The summed E-state index contributed by atoms with van der Waals surface area (Å²) < 4.78 is 0. The number of carbonyl (C=O) groups excluding carboxylic acids is 2. The second kappa shape index (κ2) is 7.06. The number of anilines is 1. The summed E-state index contributed by atoms with van der Waals surface area (Å²) >= 11 is 2.95. The average molecular weight is 347 g/mol. The van der Waals surface area contributed by atoms with Crippen LogP contribution in [0.2, 0.25) is 0 Å². The van der Waals surface area contributed by atoms with Crippen LogP contribution in [0.15, 0.2) is 29.0 Å². The standard InChI is InChI=1S/C16H17N3O2S2/c1-11(20)17-16-18-14(10-23-16)15(21)19-8-2-4-12(19)6-7-13-5-3-9-22-13/h3,5-7,9-10,12H,2,4,8H2,1H3,(H,17,18,20)/b7-6+/t12-/m1/s1. The first-order valence-electron chi connectivity index (χ1n) is 7.39. The van der Waals surface area contributed by atoms with Gasteiger partial charge < -0.3 is 10.2 Å². The number of aromatic nitrogens is 1. The summed E-state index contributed by atoms with van der Waals surface area (Å²) in [5, 5.41) is 6.81. The topological polar surface area (TPSA) is 62.3 Å². The normalized spacial score (nSPS) is 17.8. The first-order chi connectivity index (χ1) is 11.1. The van der Waals surface area contributed by atoms with Crippen molar-refractivity contribution in [1.29, 1.82) is 0 Å². The van der Waals surface area contributed by atoms with Crippen LogP contribution < -0.4 is 5.32 Å². The molecule has 1 N–H and O–H groups in total. The lowest BCUT2D eigenvalue weighted by Gasteiger charge is -2.21. The highest BCUT2D eigenvalue weighted by molar-refractivity contribution is 7.14. The Bertz CT molecular complexity index is 722. The van der Waals surface area contributed by atoms with E-state index in [9.17, 15) is 9.59 Å². The van der Waals surface area contributed by atoms with Crippen LogP contribution in [0.4, 0.5) is 5.13 Å².